The molecule has 2 rings (SSSR count). The molecule has 2 heterocycles. The smallest absolute Gasteiger partial charge is 0.453 e. The van der Waals surface area contributed by atoms with Gasteiger partial charge in [-0.15, -0.1) is 0 Å². The lowest BCUT2D eigenvalue weighted by atomic mass is 10.1. The summed E-state index contributed by atoms with van der Waals surface area (Å²) < 4.78 is 43.5. The van der Waals surface area contributed by atoms with Crippen LogP contribution < -0.4 is 27.2 Å². The second kappa shape index (κ2) is 20.1. The fourth-order valence-electron chi connectivity index (χ4n) is 4.73. The van der Waals surface area contributed by atoms with Crippen molar-refractivity contribution < 1.29 is 51.8 Å². The number of nitrogens with one attached hydrogen (secondary N) is 4. The maximum Gasteiger partial charge on any atom is 0.474 e. The number of aromatic amines is 1. The molecule has 1 aromatic heterocycles. The van der Waals surface area contributed by atoms with Gasteiger partial charge in [0.15, 0.2) is 0 Å². The number of aliphatic hydroxyl groups is 1. The van der Waals surface area contributed by atoms with E-state index in [9.17, 15) is 33.6 Å². The molecule has 3 amide bonds. The number of carbonyl (C=O) groups is 3. The van der Waals surface area contributed by atoms with Crippen molar-refractivity contribution in [1.29, 1.82) is 0 Å². The molecule has 1 aliphatic rings. The van der Waals surface area contributed by atoms with Gasteiger partial charge in [-0.2, -0.15) is 0 Å². The third-order valence-corrected chi connectivity index (χ3v) is 8.69. The number of rotatable bonds is 20. The third kappa shape index (κ3) is 12.5. The Bertz CT molecular complexity index is 1280. The molecule has 0 aromatic carbocycles. The molecular weight excluding hydrogens is 633 g/mol. The van der Waals surface area contributed by atoms with E-state index in [0.717, 1.165) is 27.1 Å². The van der Waals surface area contributed by atoms with Gasteiger partial charge in [0.1, 0.15) is 24.5 Å². The van der Waals surface area contributed by atoms with Gasteiger partial charge >= 0.3 is 25.7 Å². The first kappa shape index (κ1) is 38.9. The minimum absolute atomic E-state index is 0.0433. The highest BCUT2D eigenvalue weighted by Gasteiger charge is 2.42. The minimum Gasteiger partial charge on any atom is -0.453 e. The number of unbranched alkanes of at least 4 members (excludes halogenated alkanes) is 4. The van der Waals surface area contributed by atoms with E-state index in [1.54, 1.807) is 0 Å². The molecule has 0 radical (unpaired) electrons. The number of phosphoric acid groups is 1. The normalized spacial score (nSPS) is 18.5. The van der Waals surface area contributed by atoms with Crippen LogP contribution in [0.25, 0.3) is 0 Å². The number of amides is 3. The summed E-state index contributed by atoms with van der Waals surface area (Å²) in [6, 6.07) is -0.796. The van der Waals surface area contributed by atoms with Gasteiger partial charge in [-0.25, -0.2) is 18.9 Å². The summed E-state index contributed by atoms with van der Waals surface area (Å²) >= 11 is 0. The molecule has 0 aliphatic carbocycles. The first-order valence-corrected chi connectivity index (χ1v) is 16.4. The standard InChI is InChI=1S/C27H46N5O13P/c1-40-26(37)29-14-10-8-12-19(30-27(38)41-2)24(35)28-13-9-6-5-7-11-18-16-32(25(36)31-23(18)34)22-15-20(21(17-33)44-22)45-46(39,42-3)43-4/h16,19-22,33H,5-15,17H2,1-4H3,(H,28,35)(H,29,37)(H,30,38)(H,31,34,36)/t19?,20-,21-,22-/m0/s1. The number of aliphatic hydroxyl groups excluding tert-OH is 1. The molecule has 1 unspecified atom stereocenters. The predicted octanol–water partition coefficient (Wildman–Crippen LogP) is 1.07. The van der Waals surface area contributed by atoms with E-state index >= 15 is 0 Å². The van der Waals surface area contributed by atoms with Crippen LogP contribution in [-0.2, 0) is 43.6 Å². The lowest BCUT2D eigenvalue weighted by Gasteiger charge is -2.20. The zero-order valence-electron chi connectivity index (χ0n) is 26.6. The fourth-order valence-corrected chi connectivity index (χ4v) is 5.60. The Morgan fingerprint density at radius 2 is 1.65 bits per heavy atom. The first-order chi connectivity index (χ1) is 22.0. The van der Waals surface area contributed by atoms with Crippen molar-refractivity contribution in [2.24, 2.45) is 0 Å². The summed E-state index contributed by atoms with van der Waals surface area (Å²) in [4.78, 5) is 62.8. The van der Waals surface area contributed by atoms with Crippen LogP contribution in [0.1, 0.15) is 63.2 Å². The Balaban J connectivity index is 1.82. The number of carbonyl (C=O) groups excluding carboxylic acids is 3. The minimum atomic E-state index is -3.88. The fraction of sp³-hybridized carbons (Fsp3) is 0.741. The van der Waals surface area contributed by atoms with Crippen molar-refractivity contribution in [2.45, 2.75) is 82.3 Å². The zero-order valence-corrected chi connectivity index (χ0v) is 27.5. The van der Waals surface area contributed by atoms with Crippen molar-refractivity contribution in [3.8, 4) is 0 Å². The van der Waals surface area contributed by atoms with Crippen LogP contribution in [0.2, 0.25) is 0 Å². The molecule has 0 bridgehead atoms. The van der Waals surface area contributed by atoms with Crippen LogP contribution in [0.15, 0.2) is 15.8 Å². The lowest BCUT2D eigenvalue weighted by Crippen LogP contribution is -2.47. The average Bonchev–Trinajstić information content (AvgIpc) is 3.45. The van der Waals surface area contributed by atoms with Gasteiger partial charge in [0.25, 0.3) is 5.56 Å². The molecule has 4 atom stereocenters. The number of nitrogens with zero attached hydrogens (tertiary/aromatic N) is 1. The number of hydrogen-bond acceptors (Lipinski definition) is 13. The summed E-state index contributed by atoms with van der Waals surface area (Å²) in [7, 11) is 0.900. The van der Waals surface area contributed by atoms with Gasteiger partial charge in [-0.3, -0.25) is 32.7 Å². The molecule has 5 N–H and O–H groups in total. The third-order valence-electron chi connectivity index (χ3n) is 7.26. The number of phosphoric ester groups is 1. The van der Waals surface area contributed by atoms with Crippen LogP contribution in [-0.4, -0.2) is 99.1 Å². The van der Waals surface area contributed by atoms with E-state index in [1.165, 1.54) is 25.0 Å². The highest BCUT2D eigenvalue weighted by molar-refractivity contribution is 7.48. The van der Waals surface area contributed by atoms with Crippen LogP contribution in [0.5, 0.6) is 0 Å². The number of ether oxygens (including phenoxy) is 3. The van der Waals surface area contributed by atoms with Crippen molar-refractivity contribution in [3.63, 3.8) is 0 Å². The van der Waals surface area contributed by atoms with Gasteiger partial charge in [0, 0.05) is 45.5 Å². The summed E-state index contributed by atoms with van der Waals surface area (Å²) in [5.74, 6) is -0.349. The number of H-pyrrole nitrogens is 1. The Kier molecular flexibility index (Phi) is 17.0. The number of aromatic nitrogens is 2. The van der Waals surface area contributed by atoms with E-state index < -0.39 is 62.3 Å². The van der Waals surface area contributed by atoms with Crippen LogP contribution >= 0.6 is 7.82 Å². The van der Waals surface area contributed by atoms with E-state index in [0.29, 0.717) is 57.2 Å². The van der Waals surface area contributed by atoms with E-state index in [-0.39, 0.29) is 12.3 Å². The highest BCUT2D eigenvalue weighted by atomic mass is 31.2. The van der Waals surface area contributed by atoms with Gasteiger partial charge < -0.3 is 35.3 Å². The van der Waals surface area contributed by atoms with Crippen molar-refractivity contribution >= 4 is 25.9 Å². The second-order valence-electron chi connectivity index (χ2n) is 10.4. The lowest BCUT2D eigenvalue weighted by molar-refractivity contribution is -0.123. The summed E-state index contributed by atoms with van der Waals surface area (Å²) in [5.41, 5.74) is -0.864. The summed E-state index contributed by atoms with van der Waals surface area (Å²) in [6.45, 7) is 0.271. The van der Waals surface area contributed by atoms with Crippen molar-refractivity contribution in [3.05, 3.63) is 32.6 Å². The van der Waals surface area contributed by atoms with E-state index in [4.69, 9.17) is 18.3 Å². The number of alkyl carbamates (subject to hydrolysis) is 2. The molecule has 46 heavy (non-hydrogen) atoms. The predicted molar refractivity (Wildman–Crippen MR) is 162 cm³/mol. The highest BCUT2D eigenvalue weighted by Crippen LogP contribution is 2.51. The van der Waals surface area contributed by atoms with Gasteiger partial charge in [-0.05, 0) is 38.5 Å². The van der Waals surface area contributed by atoms with Gasteiger partial charge in [0.05, 0.1) is 20.8 Å². The maximum absolute atomic E-state index is 12.7. The molecule has 262 valence electrons. The Hall–Kier alpha value is -3.28. The molecular formula is C27H46N5O13P. The molecule has 1 aliphatic heterocycles. The average molecular weight is 680 g/mol. The SMILES string of the molecule is COC(=O)NCCCCC(NC(=O)OC)C(=O)NCCCCCCc1cn([C@@H]2C[C@H](OP(=O)(OC)OC)[C@H](CO)O2)c(=O)[nH]c1=O. The Morgan fingerprint density at radius 3 is 2.30 bits per heavy atom. The monoisotopic (exact) mass is 679 g/mol. The topological polar surface area (TPSA) is 235 Å². The van der Waals surface area contributed by atoms with Crippen LogP contribution in [0, 0.1) is 0 Å². The van der Waals surface area contributed by atoms with Crippen LogP contribution in [0.3, 0.4) is 0 Å². The second-order valence-corrected chi connectivity index (χ2v) is 12.2. The molecule has 0 spiro atoms. The number of hydrogen-bond donors (Lipinski definition) is 5. The molecule has 1 aromatic rings. The van der Waals surface area contributed by atoms with Crippen LogP contribution in [0.4, 0.5) is 9.59 Å². The largest absolute Gasteiger partial charge is 0.474 e. The molecule has 0 saturated carbocycles. The Labute approximate surface area is 266 Å². The zero-order chi connectivity index (χ0) is 34.1. The quantitative estimate of drug-likeness (QED) is 0.0960. The summed E-state index contributed by atoms with van der Waals surface area (Å²) in [5, 5.41) is 17.6. The maximum atomic E-state index is 12.7. The van der Waals surface area contributed by atoms with Crippen molar-refractivity contribution in [1.82, 2.24) is 25.5 Å². The molecule has 19 heteroatoms. The first-order valence-electron chi connectivity index (χ1n) is 14.9. The van der Waals surface area contributed by atoms with E-state index in [2.05, 4.69) is 30.4 Å². The number of methoxy groups -OCH3 is 2. The molecule has 1 saturated heterocycles. The van der Waals surface area contributed by atoms with E-state index in [1.807, 2.05) is 0 Å². The Morgan fingerprint density at radius 1 is 1.00 bits per heavy atom. The molecule has 18 nitrogen and oxygen atoms in total. The van der Waals surface area contributed by atoms with Gasteiger partial charge in [0.2, 0.25) is 5.91 Å². The summed E-state index contributed by atoms with van der Waals surface area (Å²) in [6.07, 6.45) is 2.11. The number of aryl methyl sites for hydroxylation is 1. The molecule has 1 fully saturated rings. The van der Waals surface area contributed by atoms with Gasteiger partial charge in [-0.1, -0.05) is 12.8 Å². The van der Waals surface area contributed by atoms with Crippen molar-refractivity contribution in [2.75, 3.05) is 48.1 Å².